The summed E-state index contributed by atoms with van der Waals surface area (Å²) in [6, 6.07) is 7.95. The smallest absolute Gasteiger partial charge is 0.229 e. The first-order chi connectivity index (χ1) is 15.6. The van der Waals surface area contributed by atoms with Gasteiger partial charge in [-0.3, -0.25) is 0 Å². The molecule has 2 atom stereocenters. The first-order valence-electron chi connectivity index (χ1n) is 11.2. The number of morpholine rings is 2. The Morgan fingerprint density at radius 1 is 0.969 bits per heavy atom. The largest absolute Gasteiger partial charge is 0.378 e. The van der Waals surface area contributed by atoms with E-state index in [0.717, 1.165) is 48.8 Å². The van der Waals surface area contributed by atoms with Gasteiger partial charge in [-0.2, -0.15) is 9.97 Å². The fourth-order valence-electron chi connectivity index (χ4n) is 4.29. The second kappa shape index (κ2) is 8.84. The Hall–Kier alpha value is -3.04. The molecule has 168 valence electrons. The number of hydrogen-bond donors (Lipinski definition) is 1. The standard InChI is InChI=1S/C23H29N7O2/c1-15-5-4-8-24-20(15)25-19-7-6-18-21(26-19)27-23(30-13-16(2)32-17(3)14-30)28-22(18)29-9-11-31-12-10-29/h4-8,16-17H,9-14H2,1-3H3,(H,24,25,26,27,28). The molecule has 1 N–H and O–H groups in total. The van der Waals surface area contributed by atoms with E-state index in [-0.39, 0.29) is 12.2 Å². The zero-order valence-corrected chi connectivity index (χ0v) is 18.8. The molecule has 2 unspecified atom stereocenters. The van der Waals surface area contributed by atoms with Gasteiger partial charge < -0.3 is 24.6 Å². The van der Waals surface area contributed by atoms with Crippen LogP contribution in [0, 0.1) is 6.92 Å². The molecule has 5 rings (SSSR count). The van der Waals surface area contributed by atoms with Gasteiger partial charge in [0.2, 0.25) is 5.95 Å². The molecule has 0 aromatic carbocycles. The van der Waals surface area contributed by atoms with Gasteiger partial charge >= 0.3 is 0 Å². The zero-order chi connectivity index (χ0) is 22.1. The van der Waals surface area contributed by atoms with Crippen LogP contribution in [0.2, 0.25) is 0 Å². The molecule has 0 spiro atoms. The van der Waals surface area contributed by atoms with Crippen molar-refractivity contribution in [2.45, 2.75) is 33.0 Å². The molecule has 2 fully saturated rings. The van der Waals surface area contributed by atoms with Crippen LogP contribution in [0.4, 0.5) is 23.4 Å². The van der Waals surface area contributed by atoms with E-state index in [9.17, 15) is 0 Å². The van der Waals surface area contributed by atoms with Crippen molar-refractivity contribution in [3.05, 3.63) is 36.0 Å². The molecular weight excluding hydrogens is 406 g/mol. The molecule has 32 heavy (non-hydrogen) atoms. The molecule has 5 heterocycles. The van der Waals surface area contributed by atoms with E-state index in [0.29, 0.717) is 30.6 Å². The van der Waals surface area contributed by atoms with Crippen molar-refractivity contribution >= 4 is 34.4 Å². The average molecular weight is 436 g/mol. The van der Waals surface area contributed by atoms with Crippen molar-refractivity contribution < 1.29 is 9.47 Å². The van der Waals surface area contributed by atoms with Crippen LogP contribution < -0.4 is 15.1 Å². The number of fused-ring (bicyclic) bond motifs is 1. The third-order valence-electron chi connectivity index (χ3n) is 5.80. The maximum Gasteiger partial charge on any atom is 0.229 e. The predicted octanol–water partition coefficient (Wildman–Crippen LogP) is 2.92. The summed E-state index contributed by atoms with van der Waals surface area (Å²) in [7, 11) is 0. The molecule has 3 aromatic heterocycles. The molecule has 2 aliphatic rings. The summed E-state index contributed by atoms with van der Waals surface area (Å²) in [4.78, 5) is 23.6. The zero-order valence-electron chi connectivity index (χ0n) is 18.8. The number of aromatic nitrogens is 4. The average Bonchev–Trinajstić information content (AvgIpc) is 2.79. The Balaban J connectivity index is 1.56. The minimum atomic E-state index is 0.123. The number of nitrogens with zero attached hydrogens (tertiary/aromatic N) is 6. The fraction of sp³-hybridized carbons (Fsp3) is 0.478. The molecule has 0 radical (unpaired) electrons. The summed E-state index contributed by atoms with van der Waals surface area (Å²) in [6.45, 7) is 10.7. The van der Waals surface area contributed by atoms with E-state index in [1.807, 2.05) is 31.2 Å². The third-order valence-corrected chi connectivity index (χ3v) is 5.80. The van der Waals surface area contributed by atoms with Crippen molar-refractivity contribution in [3.8, 4) is 0 Å². The van der Waals surface area contributed by atoms with Gasteiger partial charge in [0, 0.05) is 32.4 Å². The minimum absolute atomic E-state index is 0.123. The lowest BCUT2D eigenvalue weighted by atomic mass is 10.2. The van der Waals surface area contributed by atoms with Crippen LogP contribution in [0.5, 0.6) is 0 Å². The van der Waals surface area contributed by atoms with Crippen molar-refractivity contribution in [2.75, 3.05) is 54.5 Å². The number of aryl methyl sites for hydroxylation is 1. The van der Waals surface area contributed by atoms with E-state index in [2.05, 4.69) is 33.9 Å². The molecule has 0 bridgehead atoms. The van der Waals surface area contributed by atoms with Gasteiger partial charge in [-0.25, -0.2) is 9.97 Å². The number of nitrogens with one attached hydrogen (secondary N) is 1. The Morgan fingerprint density at radius 2 is 1.75 bits per heavy atom. The van der Waals surface area contributed by atoms with Crippen LogP contribution in [0.25, 0.3) is 11.0 Å². The first kappa shape index (κ1) is 20.8. The summed E-state index contributed by atoms with van der Waals surface area (Å²) in [5, 5.41) is 4.26. The van der Waals surface area contributed by atoms with Crippen molar-refractivity contribution in [2.24, 2.45) is 0 Å². The topological polar surface area (TPSA) is 88.5 Å². The van der Waals surface area contributed by atoms with Crippen LogP contribution >= 0.6 is 0 Å². The lowest BCUT2D eigenvalue weighted by molar-refractivity contribution is -0.00570. The lowest BCUT2D eigenvalue weighted by Gasteiger charge is -2.36. The Labute approximate surface area is 187 Å². The van der Waals surface area contributed by atoms with E-state index in [1.165, 1.54) is 0 Å². The van der Waals surface area contributed by atoms with Crippen LogP contribution in [0.3, 0.4) is 0 Å². The molecule has 0 saturated carbocycles. The highest BCUT2D eigenvalue weighted by Gasteiger charge is 2.26. The quantitative estimate of drug-likeness (QED) is 0.664. The van der Waals surface area contributed by atoms with Crippen LogP contribution in [0.15, 0.2) is 30.5 Å². The lowest BCUT2D eigenvalue weighted by Crippen LogP contribution is -2.46. The number of ether oxygens (including phenoxy) is 2. The van der Waals surface area contributed by atoms with Crippen molar-refractivity contribution in [3.63, 3.8) is 0 Å². The van der Waals surface area contributed by atoms with Gasteiger partial charge in [-0.15, -0.1) is 0 Å². The monoisotopic (exact) mass is 435 g/mol. The van der Waals surface area contributed by atoms with Crippen molar-refractivity contribution in [1.29, 1.82) is 0 Å². The Bertz CT molecular complexity index is 1090. The van der Waals surface area contributed by atoms with Crippen LogP contribution in [-0.4, -0.2) is 71.5 Å². The molecular formula is C23H29N7O2. The summed E-state index contributed by atoms with van der Waals surface area (Å²) in [6.07, 6.45) is 2.02. The van der Waals surface area contributed by atoms with Gasteiger partial charge in [0.15, 0.2) is 5.65 Å². The molecule has 0 amide bonds. The SMILES string of the molecule is Cc1cccnc1Nc1ccc2c(N3CCOCC3)nc(N3CC(C)OC(C)C3)nc2n1. The fourth-order valence-corrected chi connectivity index (χ4v) is 4.29. The van der Waals surface area contributed by atoms with E-state index < -0.39 is 0 Å². The Kier molecular flexibility index (Phi) is 5.75. The highest BCUT2D eigenvalue weighted by Crippen LogP contribution is 2.29. The van der Waals surface area contributed by atoms with Crippen molar-refractivity contribution in [1.82, 2.24) is 19.9 Å². The molecule has 3 aromatic rings. The summed E-state index contributed by atoms with van der Waals surface area (Å²) < 4.78 is 11.5. The van der Waals surface area contributed by atoms with E-state index in [4.69, 9.17) is 24.4 Å². The van der Waals surface area contributed by atoms with Gasteiger partial charge in [-0.1, -0.05) is 6.07 Å². The van der Waals surface area contributed by atoms with Gasteiger partial charge in [0.05, 0.1) is 30.8 Å². The highest BCUT2D eigenvalue weighted by molar-refractivity contribution is 5.89. The summed E-state index contributed by atoms with van der Waals surface area (Å²) in [5.74, 6) is 3.10. The highest BCUT2D eigenvalue weighted by atomic mass is 16.5. The normalized spacial score (nSPS) is 21.7. The second-order valence-corrected chi connectivity index (χ2v) is 8.47. The Morgan fingerprint density at radius 3 is 2.50 bits per heavy atom. The minimum Gasteiger partial charge on any atom is -0.378 e. The molecule has 9 nitrogen and oxygen atoms in total. The number of anilines is 4. The number of pyridine rings is 2. The van der Waals surface area contributed by atoms with Gasteiger partial charge in [0.1, 0.15) is 17.5 Å². The van der Waals surface area contributed by atoms with Crippen LogP contribution in [0.1, 0.15) is 19.4 Å². The molecule has 9 heteroatoms. The molecule has 0 aliphatic carbocycles. The maximum atomic E-state index is 5.91. The number of rotatable bonds is 4. The number of hydrogen-bond acceptors (Lipinski definition) is 9. The predicted molar refractivity (Wildman–Crippen MR) is 125 cm³/mol. The summed E-state index contributed by atoms with van der Waals surface area (Å²) in [5.41, 5.74) is 1.73. The third kappa shape index (κ3) is 4.31. The second-order valence-electron chi connectivity index (χ2n) is 8.47. The van der Waals surface area contributed by atoms with Gasteiger partial charge in [-0.05, 0) is 44.5 Å². The van der Waals surface area contributed by atoms with Crippen LogP contribution in [-0.2, 0) is 9.47 Å². The molecule has 2 aliphatic heterocycles. The first-order valence-corrected chi connectivity index (χ1v) is 11.2. The van der Waals surface area contributed by atoms with E-state index in [1.54, 1.807) is 6.20 Å². The maximum absolute atomic E-state index is 5.91. The van der Waals surface area contributed by atoms with Gasteiger partial charge in [0.25, 0.3) is 0 Å². The molecule has 2 saturated heterocycles. The van der Waals surface area contributed by atoms with E-state index >= 15 is 0 Å². The summed E-state index contributed by atoms with van der Waals surface area (Å²) >= 11 is 0.